The first-order valence-corrected chi connectivity index (χ1v) is 8.03. The lowest BCUT2D eigenvalue weighted by Crippen LogP contribution is -2.59. The molecule has 3 nitrogen and oxygen atoms in total. The molecule has 1 N–H and O–H groups in total. The Morgan fingerprint density at radius 3 is 2.84 bits per heavy atom. The van der Waals surface area contributed by atoms with Gasteiger partial charge in [0.05, 0.1) is 0 Å². The summed E-state index contributed by atoms with van der Waals surface area (Å²) in [6, 6.07) is 9.33. The van der Waals surface area contributed by atoms with Gasteiger partial charge in [-0.25, -0.2) is 0 Å². The molecule has 0 bridgehead atoms. The van der Waals surface area contributed by atoms with Crippen molar-refractivity contribution in [1.82, 2.24) is 15.1 Å². The Morgan fingerprint density at radius 1 is 1.16 bits per heavy atom. The lowest BCUT2D eigenvalue weighted by atomic mass is 10.1. The van der Waals surface area contributed by atoms with Crippen LogP contribution in [0.15, 0.2) is 28.7 Å². The van der Waals surface area contributed by atoms with E-state index in [1.165, 1.54) is 49.2 Å². The normalized spacial score (nSPS) is 23.0. The van der Waals surface area contributed by atoms with Gasteiger partial charge < -0.3 is 5.32 Å². The summed E-state index contributed by atoms with van der Waals surface area (Å²) in [4.78, 5) is 5.21. The zero-order chi connectivity index (χ0) is 13.1. The number of halogens is 1. The standard InChI is InChI=1S/C15H22BrN3/c16-15-5-2-1-4-13(15)10-18-11-14(12-18)19-8-3-6-17-7-9-19/h1-2,4-5,14,17H,3,6-12H2. The molecule has 2 heterocycles. The molecule has 2 aliphatic heterocycles. The van der Waals surface area contributed by atoms with E-state index in [9.17, 15) is 0 Å². The average molecular weight is 324 g/mol. The number of hydrogen-bond donors (Lipinski definition) is 1. The molecule has 0 saturated carbocycles. The van der Waals surface area contributed by atoms with Crippen molar-refractivity contribution in [3.8, 4) is 0 Å². The summed E-state index contributed by atoms with van der Waals surface area (Å²) in [5.74, 6) is 0. The minimum absolute atomic E-state index is 0.780. The average Bonchev–Trinajstić information content (AvgIpc) is 2.64. The van der Waals surface area contributed by atoms with Crippen molar-refractivity contribution in [3.63, 3.8) is 0 Å². The number of nitrogens with one attached hydrogen (secondary N) is 1. The highest BCUT2D eigenvalue weighted by molar-refractivity contribution is 9.10. The van der Waals surface area contributed by atoms with Crippen molar-refractivity contribution in [2.45, 2.75) is 19.0 Å². The van der Waals surface area contributed by atoms with Gasteiger partial charge in [0, 0.05) is 43.2 Å². The Labute approximate surface area is 124 Å². The molecule has 19 heavy (non-hydrogen) atoms. The predicted octanol–water partition coefficient (Wildman–Crippen LogP) is 1.93. The third-order valence-electron chi connectivity index (χ3n) is 4.18. The van der Waals surface area contributed by atoms with Gasteiger partial charge in [0.2, 0.25) is 0 Å². The van der Waals surface area contributed by atoms with Gasteiger partial charge in [0.15, 0.2) is 0 Å². The van der Waals surface area contributed by atoms with E-state index in [4.69, 9.17) is 0 Å². The second-order valence-corrected chi connectivity index (χ2v) is 6.43. The molecule has 0 radical (unpaired) electrons. The fourth-order valence-corrected chi connectivity index (χ4v) is 3.41. The van der Waals surface area contributed by atoms with E-state index < -0.39 is 0 Å². The molecule has 3 rings (SSSR count). The second-order valence-electron chi connectivity index (χ2n) is 5.58. The minimum atomic E-state index is 0.780. The Hall–Kier alpha value is -0.420. The highest BCUT2D eigenvalue weighted by Crippen LogP contribution is 2.22. The topological polar surface area (TPSA) is 18.5 Å². The molecule has 2 aliphatic rings. The van der Waals surface area contributed by atoms with Crippen LogP contribution in [0.5, 0.6) is 0 Å². The van der Waals surface area contributed by atoms with E-state index >= 15 is 0 Å². The summed E-state index contributed by atoms with van der Waals surface area (Å²) >= 11 is 3.63. The maximum atomic E-state index is 3.63. The van der Waals surface area contributed by atoms with Crippen LogP contribution in [0.2, 0.25) is 0 Å². The molecular weight excluding hydrogens is 302 g/mol. The predicted molar refractivity (Wildman–Crippen MR) is 82.3 cm³/mol. The van der Waals surface area contributed by atoms with Gasteiger partial charge in [-0.2, -0.15) is 0 Å². The first-order chi connectivity index (χ1) is 9.33. The number of benzene rings is 1. The highest BCUT2D eigenvalue weighted by atomic mass is 79.9. The molecular formula is C15H22BrN3. The van der Waals surface area contributed by atoms with Crippen LogP contribution >= 0.6 is 15.9 Å². The zero-order valence-corrected chi connectivity index (χ0v) is 12.9. The molecule has 0 aliphatic carbocycles. The molecule has 104 valence electrons. The van der Waals surface area contributed by atoms with Crippen LogP contribution in [-0.4, -0.2) is 55.1 Å². The molecule has 4 heteroatoms. The summed E-state index contributed by atoms with van der Waals surface area (Å²) in [5.41, 5.74) is 1.40. The van der Waals surface area contributed by atoms with Crippen molar-refractivity contribution in [3.05, 3.63) is 34.3 Å². The van der Waals surface area contributed by atoms with E-state index in [1.807, 2.05) is 0 Å². The van der Waals surface area contributed by atoms with Crippen LogP contribution in [0.25, 0.3) is 0 Å². The van der Waals surface area contributed by atoms with Crippen LogP contribution in [0.1, 0.15) is 12.0 Å². The summed E-state index contributed by atoms with van der Waals surface area (Å²) < 4.78 is 1.23. The van der Waals surface area contributed by atoms with Crippen molar-refractivity contribution >= 4 is 15.9 Å². The number of hydrogen-bond acceptors (Lipinski definition) is 3. The van der Waals surface area contributed by atoms with Crippen LogP contribution in [-0.2, 0) is 6.54 Å². The van der Waals surface area contributed by atoms with Crippen LogP contribution in [0, 0.1) is 0 Å². The van der Waals surface area contributed by atoms with Crippen LogP contribution < -0.4 is 5.32 Å². The first kappa shape index (κ1) is 13.6. The third kappa shape index (κ3) is 3.37. The van der Waals surface area contributed by atoms with E-state index in [0.717, 1.165) is 19.1 Å². The van der Waals surface area contributed by atoms with Gasteiger partial charge in [0.1, 0.15) is 0 Å². The van der Waals surface area contributed by atoms with Gasteiger partial charge in [-0.3, -0.25) is 9.80 Å². The number of rotatable bonds is 3. The summed E-state index contributed by atoms with van der Waals surface area (Å²) in [5, 5.41) is 3.48. The quantitative estimate of drug-likeness (QED) is 0.917. The molecule has 0 amide bonds. The van der Waals surface area contributed by atoms with Crippen molar-refractivity contribution in [2.24, 2.45) is 0 Å². The van der Waals surface area contributed by atoms with Crippen LogP contribution in [0.4, 0.5) is 0 Å². The van der Waals surface area contributed by atoms with Gasteiger partial charge in [-0.15, -0.1) is 0 Å². The summed E-state index contributed by atoms with van der Waals surface area (Å²) in [6.07, 6.45) is 1.29. The van der Waals surface area contributed by atoms with Gasteiger partial charge in [-0.05, 0) is 31.1 Å². The Morgan fingerprint density at radius 2 is 2.00 bits per heavy atom. The van der Waals surface area contributed by atoms with E-state index in [2.05, 4.69) is 55.3 Å². The van der Waals surface area contributed by atoms with Crippen LogP contribution in [0.3, 0.4) is 0 Å². The highest BCUT2D eigenvalue weighted by Gasteiger charge is 2.31. The fourth-order valence-electron chi connectivity index (χ4n) is 3.00. The Bertz CT molecular complexity index is 410. The smallest absolute Gasteiger partial charge is 0.0351 e. The maximum Gasteiger partial charge on any atom is 0.0351 e. The number of nitrogens with zero attached hydrogens (tertiary/aromatic N) is 2. The number of likely N-dealkylation sites (tertiary alicyclic amines) is 1. The molecule has 1 aromatic carbocycles. The first-order valence-electron chi connectivity index (χ1n) is 7.23. The fraction of sp³-hybridized carbons (Fsp3) is 0.600. The lowest BCUT2D eigenvalue weighted by molar-refractivity contribution is 0.0321. The third-order valence-corrected chi connectivity index (χ3v) is 4.95. The second kappa shape index (κ2) is 6.35. The van der Waals surface area contributed by atoms with Crippen molar-refractivity contribution in [1.29, 1.82) is 0 Å². The Kier molecular flexibility index (Phi) is 4.53. The molecule has 2 saturated heterocycles. The molecule has 0 unspecified atom stereocenters. The SMILES string of the molecule is Brc1ccccc1CN1CC(N2CCCNCC2)C1. The van der Waals surface area contributed by atoms with Gasteiger partial charge in [0.25, 0.3) is 0 Å². The zero-order valence-electron chi connectivity index (χ0n) is 11.3. The molecule has 0 aromatic heterocycles. The van der Waals surface area contributed by atoms with Crippen molar-refractivity contribution in [2.75, 3.05) is 39.3 Å². The molecule has 1 aromatic rings. The largest absolute Gasteiger partial charge is 0.315 e. The van der Waals surface area contributed by atoms with E-state index in [0.29, 0.717) is 0 Å². The van der Waals surface area contributed by atoms with Gasteiger partial charge in [-0.1, -0.05) is 34.1 Å². The monoisotopic (exact) mass is 323 g/mol. The Balaban J connectivity index is 1.48. The minimum Gasteiger partial charge on any atom is -0.315 e. The summed E-state index contributed by atoms with van der Waals surface area (Å²) in [6.45, 7) is 8.34. The lowest BCUT2D eigenvalue weighted by Gasteiger charge is -2.45. The maximum absolute atomic E-state index is 3.63. The molecule has 0 spiro atoms. The van der Waals surface area contributed by atoms with Gasteiger partial charge >= 0.3 is 0 Å². The molecule has 0 atom stereocenters. The van der Waals surface area contributed by atoms with E-state index in [-0.39, 0.29) is 0 Å². The summed E-state index contributed by atoms with van der Waals surface area (Å²) in [7, 11) is 0. The van der Waals surface area contributed by atoms with Crippen molar-refractivity contribution < 1.29 is 0 Å². The molecule has 2 fully saturated rings. The van der Waals surface area contributed by atoms with E-state index in [1.54, 1.807) is 0 Å².